The van der Waals surface area contributed by atoms with E-state index >= 15 is 0 Å². The van der Waals surface area contributed by atoms with Crippen molar-refractivity contribution < 1.29 is 8.42 Å². The van der Waals surface area contributed by atoms with E-state index in [1.807, 2.05) is 19.9 Å². The van der Waals surface area contributed by atoms with Crippen molar-refractivity contribution in [3.8, 4) is 0 Å². The third-order valence-corrected chi connectivity index (χ3v) is 4.59. The summed E-state index contributed by atoms with van der Waals surface area (Å²) in [6, 6.07) is 8.66. The van der Waals surface area contributed by atoms with Crippen LogP contribution in [0.15, 0.2) is 35.2 Å². The van der Waals surface area contributed by atoms with Crippen LogP contribution >= 0.6 is 0 Å². The maximum Gasteiger partial charge on any atom is 0.180 e. The van der Waals surface area contributed by atoms with Crippen LogP contribution in [0.1, 0.15) is 27.2 Å². The van der Waals surface area contributed by atoms with E-state index in [4.69, 9.17) is 0 Å². The van der Waals surface area contributed by atoms with Gasteiger partial charge in [-0.25, -0.2) is 8.42 Å². The molecule has 1 aromatic rings. The normalized spacial score (nSPS) is 14.1. The van der Waals surface area contributed by atoms with Gasteiger partial charge in [0.25, 0.3) is 0 Å². The Bertz CT molecular complexity index is 393. The summed E-state index contributed by atoms with van der Waals surface area (Å²) in [7, 11) is -3.13. The molecular formula is C12H18O2S. The minimum atomic E-state index is -3.13. The van der Waals surface area contributed by atoms with Crippen LogP contribution < -0.4 is 0 Å². The molecule has 1 aromatic carbocycles. The Morgan fingerprint density at radius 3 is 2.07 bits per heavy atom. The number of hydrogen-bond acceptors (Lipinski definition) is 2. The van der Waals surface area contributed by atoms with Crippen molar-refractivity contribution in [2.24, 2.45) is 5.92 Å². The average Bonchev–Trinajstić information content (AvgIpc) is 2.18. The molecule has 0 amide bonds. The predicted octanol–water partition coefficient (Wildman–Crippen LogP) is 2.89. The monoisotopic (exact) mass is 226 g/mol. The van der Waals surface area contributed by atoms with Gasteiger partial charge in [0.2, 0.25) is 0 Å². The maximum absolute atomic E-state index is 12.1. The topological polar surface area (TPSA) is 34.1 Å². The summed E-state index contributed by atoms with van der Waals surface area (Å²) < 4.78 is 24.1. The Hall–Kier alpha value is -0.830. The van der Waals surface area contributed by atoms with Crippen LogP contribution in [0.5, 0.6) is 0 Å². The smallest absolute Gasteiger partial charge is 0.180 e. The number of hydrogen-bond donors (Lipinski definition) is 0. The molecule has 0 aliphatic rings. The molecule has 0 heterocycles. The van der Waals surface area contributed by atoms with Gasteiger partial charge in [-0.05, 0) is 31.4 Å². The lowest BCUT2D eigenvalue weighted by molar-refractivity contribution is 0.537. The van der Waals surface area contributed by atoms with Crippen molar-refractivity contribution >= 4 is 9.84 Å². The molecule has 0 saturated carbocycles. The molecule has 84 valence electrons. The van der Waals surface area contributed by atoms with Crippen LogP contribution in [0.25, 0.3) is 0 Å². The van der Waals surface area contributed by atoms with Gasteiger partial charge in [0.1, 0.15) is 0 Å². The molecule has 0 aliphatic carbocycles. The van der Waals surface area contributed by atoms with Crippen molar-refractivity contribution in [2.75, 3.05) is 0 Å². The van der Waals surface area contributed by atoms with E-state index in [1.165, 1.54) is 0 Å². The first kappa shape index (κ1) is 12.2. The summed E-state index contributed by atoms with van der Waals surface area (Å²) in [5.74, 6) is 0.401. The van der Waals surface area contributed by atoms with Crippen molar-refractivity contribution in [1.29, 1.82) is 0 Å². The van der Waals surface area contributed by atoms with Gasteiger partial charge in [-0.3, -0.25) is 0 Å². The Labute approximate surface area is 92.2 Å². The van der Waals surface area contributed by atoms with Gasteiger partial charge in [-0.1, -0.05) is 32.0 Å². The summed E-state index contributed by atoms with van der Waals surface area (Å²) in [6.07, 6.45) is 0.706. The van der Waals surface area contributed by atoms with E-state index in [9.17, 15) is 8.42 Å². The van der Waals surface area contributed by atoms with Crippen molar-refractivity contribution in [3.05, 3.63) is 30.3 Å². The first-order valence-electron chi connectivity index (χ1n) is 5.23. The van der Waals surface area contributed by atoms with E-state index in [-0.39, 0.29) is 5.25 Å². The van der Waals surface area contributed by atoms with Gasteiger partial charge >= 0.3 is 0 Å². The molecule has 0 saturated heterocycles. The van der Waals surface area contributed by atoms with Gasteiger partial charge in [0.15, 0.2) is 9.84 Å². The zero-order valence-electron chi connectivity index (χ0n) is 9.47. The summed E-state index contributed by atoms with van der Waals surface area (Å²) >= 11 is 0. The van der Waals surface area contributed by atoms with Gasteiger partial charge in [-0.15, -0.1) is 0 Å². The largest absolute Gasteiger partial charge is 0.223 e. The fraction of sp³-hybridized carbons (Fsp3) is 0.500. The summed E-state index contributed by atoms with van der Waals surface area (Å²) in [5, 5.41) is -0.306. The number of benzene rings is 1. The van der Waals surface area contributed by atoms with Gasteiger partial charge in [-0.2, -0.15) is 0 Å². The van der Waals surface area contributed by atoms with Crippen LogP contribution in [0.3, 0.4) is 0 Å². The molecule has 0 N–H and O–H groups in total. The minimum Gasteiger partial charge on any atom is -0.223 e. The summed E-state index contributed by atoms with van der Waals surface area (Å²) in [5.41, 5.74) is 0. The van der Waals surface area contributed by atoms with Crippen molar-refractivity contribution in [2.45, 2.75) is 37.3 Å². The highest BCUT2D eigenvalue weighted by atomic mass is 32.2. The maximum atomic E-state index is 12.1. The molecule has 0 fully saturated rings. The first-order chi connectivity index (χ1) is 6.94. The zero-order valence-corrected chi connectivity index (χ0v) is 10.3. The highest BCUT2D eigenvalue weighted by Crippen LogP contribution is 2.20. The number of rotatable bonds is 4. The van der Waals surface area contributed by atoms with Crippen LogP contribution in [-0.4, -0.2) is 13.7 Å². The Morgan fingerprint density at radius 2 is 1.60 bits per heavy atom. The average molecular weight is 226 g/mol. The molecule has 2 nitrogen and oxygen atoms in total. The third kappa shape index (κ3) is 3.06. The fourth-order valence-electron chi connectivity index (χ4n) is 1.63. The molecule has 0 aliphatic heterocycles. The lowest BCUT2D eigenvalue weighted by Crippen LogP contribution is -2.19. The Morgan fingerprint density at radius 1 is 1.07 bits per heavy atom. The Kier molecular flexibility index (Phi) is 3.91. The molecule has 1 rings (SSSR count). The summed E-state index contributed by atoms with van der Waals surface area (Å²) in [4.78, 5) is 0.429. The molecule has 0 radical (unpaired) electrons. The minimum absolute atomic E-state index is 0.306. The fourth-order valence-corrected chi connectivity index (χ4v) is 3.27. The van der Waals surface area contributed by atoms with Crippen LogP contribution in [0, 0.1) is 5.92 Å². The quantitative estimate of drug-likeness (QED) is 0.791. The summed E-state index contributed by atoms with van der Waals surface area (Å²) in [6.45, 7) is 5.86. The SMILES string of the molecule is CC(C)CC(C)S(=O)(=O)c1ccccc1. The molecular weight excluding hydrogens is 208 g/mol. The Balaban J connectivity index is 2.94. The van der Waals surface area contributed by atoms with Gasteiger partial charge < -0.3 is 0 Å². The van der Waals surface area contributed by atoms with Crippen LogP contribution in [0.4, 0.5) is 0 Å². The lowest BCUT2D eigenvalue weighted by atomic mass is 10.1. The van der Waals surface area contributed by atoms with Crippen LogP contribution in [-0.2, 0) is 9.84 Å². The van der Waals surface area contributed by atoms with E-state index in [0.717, 1.165) is 0 Å². The van der Waals surface area contributed by atoms with Crippen molar-refractivity contribution in [1.82, 2.24) is 0 Å². The molecule has 15 heavy (non-hydrogen) atoms. The third-order valence-electron chi connectivity index (χ3n) is 2.40. The molecule has 1 atom stereocenters. The highest BCUT2D eigenvalue weighted by Gasteiger charge is 2.23. The van der Waals surface area contributed by atoms with Crippen LogP contribution in [0.2, 0.25) is 0 Å². The van der Waals surface area contributed by atoms with E-state index < -0.39 is 9.84 Å². The molecule has 0 spiro atoms. The van der Waals surface area contributed by atoms with Gasteiger partial charge in [0.05, 0.1) is 10.1 Å². The predicted molar refractivity (Wildman–Crippen MR) is 62.5 cm³/mol. The second-order valence-corrected chi connectivity index (χ2v) is 6.66. The van der Waals surface area contributed by atoms with E-state index in [0.29, 0.717) is 17.2 Å². The highest BCUT2D eigenvalue weighted by molar-refractivity contribution is 7.92. The standard InChI is InChI=1S/C12H18O2S/c1-10(2)9-11(3)15(13,14)12-7-5-4-6-8-12/h4-8,10-11H,9H2,1-3H3. The number of sulfone groups is 1. The molecule has 3 heteroatoms. The zero-order chi connectivity index (χ0) is 11.5. The lowest BCUT2D eigenvalue weighted by Gasteiger charge is -2.14. The molecule has 0 bridgehead atoms. The second-order valence-electron chi connectivity index (χ2n) is 4.30. The van der Waals surface area contributed by atoms with E-state index in [2.05, 4.69) is 0 Å². The first-order valence-corrected chi connectivity index (χ1v) is 6.78. The van der Waals surface area contributed by atoms with E-state index in [1.54, 1.807) is 31.2 Å². The molecule has 0 aromatic heterocycles. The van der Waals surface area contributed by atoms with Crippen molar-refractivity contribution in [3.63, 3.8) is 0 Å². The second kappa shape index (κ2) is 4.79. The molecule has 1 unspecified atom stereocenters. The van der Waals surface area contributed by atoms with Gasteiger partial charge in [0, 0.05) is 0 Å².